The third-order valence-electron chi connectivity index (χ3n) is 3.41. The standard InChI is InChI=1S/C17H15ClN4OS/c1-10-7-8-16(24-10)14-9-15(21-20-14)17(23)22-19-11(2)12-5-3-4-6-13(12)18/h3-9H,1-2H3,(H,20,21)(H,22,23)/b19-11-. The second kappa shape index (κ2) is 6.98. The Morgan fingerprint density at radius 1 is 1.29 bits per heavy atom. The summed E-state index contributed by atoms with van der Waals surface area (Å²) in [7, 11) is 0. The van der Waals surface area contributed by atoms with Crippen LogP contribution >= 0.6 is 22.9 Å². The van der Waals surface area contributed by atoms with E-state index in [2.05, 4.69) is 20.7 Å². The molecule has 0 spiro atoms. The maximum atomic E-state index is 12.2. The van der Waals surface area contributed by atoms with Crippen LogP contribution in [0.5, 0.6) is 0 Å². The molecule has 3 rings (SSSR count). The lowest BCUT2D eigenvalue weighted by Gasteiger charge is -2.03. The van der Waals surface area contributed by atoms with Gasteiger partial charge in [0.1, 0.15) is 0 Å². The van der Waals surface area contributed by atoms with Crippen LogP contribution in [-0.2, 0) is 0 Å². The van der Waals surface area contributed by atoms with E-state index >= 15 is 0 Å². The molecule has 2 heterocycles. The fraction of sp³-hybridized carbons (Fsp3) is 0.118. The highest BCUT2D eigenvalue weighted by atomic mass is 35.5. The van der Waals surface area contributed by atoms with Crippen molar-refractivity contribution in [3.05, 3.63) is 63.6 Å². The Morgan fingerprint density at radius 2 is 2.08 bits per heavy atom. The summed E-state index contributed by atoms with van der Waals surface area (Å²) in [4.78, 5) is 14.4. The number of thiophene rings is 1. The number of rotatable bonds is 4. The molecule has 1 amide bonds. The Hall–Kier alpha value is -2.44. The lowest BCUT2D eigenvalue weighted by molar-refractivity contribution is 0.0950. The zero-order valence-corrected chi connectivity index (χ0v) is 14.7. The van der Waals surface area contributed by atoms with Gasteiger partial charge in [0.05, 0.1) is 16.3 Å². The van der Waals surface area contributed by atoms with Crippen LogP contribution in [0.2, 0.25) is 5.02 Å². The van der Waals surface area contributed by atoms with Crippen molar-refractivity contribution < 1.29 is 4.79 Å². The lowest BCUT2D eigenvalue weighted by atomic mass is 10.1. The Bertz CT molecular complexity index is 913. The fourth-order valence-corrected chi connectivity index (χ4v) is 3.26. The molecule has 122 valence electrons. The number of carbonyl (C=O) groups is 1. The average molecular weight is 359 g/mol. The number of aromatic nitrogens is 2. The number of aryl methyl sites for hydroxylation is 1. The van der Waals surface area contributed by atoms with Crippen molar-refractivity contribution >= 4 is 34.6 Å². The minimum absolute atomic E-state index is 0.284. The van der Waals surface area contributed by atoms with Gasteiger partial charge in [-0.15, -0.1) is 11.3 Å². The third-order valence-corrected chi connectivity index (χ3v) is 4.77. The SMILES string of the molecule is C/C(=N/NC(=O)c1cc(-c2ccc(C)s2)[nH]n1)c1ccccc1Cl. The summed E-state index contributed by atoms with van der Waals surface area (Å²) in [6, 6.07) is 13.1. The zero-order chi connectivity index (χ0) is 17.1. The summed E-state index contributed by atoms with van der Waals surface area (Å²) in [5.41, 5.74) is 5.00. The number of nitrogens with one attached hydrogen (secondary N) is 2. The van der Waals surface area contributed by atoms with Gasteiger partial charge in [-0.3, -0.25) is 9.89 Å². The average Bonchev–Trinajstić information content (AvgIpc) is 3.21. The molecule has 0 atom stereocenters. The van der Waals surface area contributed by atoms with Gasteiger partial charge in [0.2, 0.25) is 0 Å². The van der Waals surface area contributed by atoms with E-state index in [1.807, 2.05) is 37.3 Å². The first kappa shape index (κ1) is 16.4. The molecule has 0 radical (unpaired) electrons. The van der Waals surface area contributed by atoms with Crippen LogP contribution in [0.25, 0.3) is 10.6 Å². The van der Waals surface area contributed by atoms with Gasteiger partial charge in [0, 0.05) is 15.5 Å². The number of carbonyl (C=O) groups excluding carboxylic acids is 1. The molecule has 7 heteroatoms. The van der Waals surface area contributed by atoms with E-state index in [-0.39, 0.29) is 11.6 Å². The number of hydrogen-bond acceptors (Lipinski definition) is 4. The van der Waals surface area contributed by atoms with Gasteiger partial charge in [-0.1, -0.05) is 29.8 Å². The minimum atomic E-state index is -0.378. The summed E-state index contributed by atoms with van der Waals surface area (Å²) in [5, 5.41) is 11.6. The molecular weight excluding hydrogens is 344 g/mol. The van der Waals surface area contributed by atoms with E-state index in [9.17, 15) is 4.79 Å². The van der Waals surface area contributed by atoms with Crippen molar-refractivity contribution in [2.45, 2.75) is 13.8 Å². The first-order valence-electron chi connectivity index (χ1n) is 7.26. The van der Waals surface area contributed by atoms with E-state index in [4.69, 9.17) is 11.6 Å². The second-order valence-electron chi connectivity index (χ2n) is 5.20. The van der Waals surface area contributed by atoms with Gasteiger partial charge in [-0.25, -0.2) is 5.43 Å². The van der Waals surface area contributed by atoms with Gasteiger partial charge in [-0.05, 0) is 38.1 Å². The van der Waals surface area contributed by atoms with Crippen molar-refractivity contribution in [3.63, 3.8) is 0 Å². The molecule has 0 saturated heterocycles. The number of hydrazone groups is 1. The van der Waals surface area contributed by atoms with Crippen molar-refractivity contribution in [2.75, 3.05) is 0 Å². The maximum Gasteiger partial charge on any atom is 0.291 e. The second-order valence-corrected chi connectivity index (χ2v) is 6.89. The molecule has 2 N–H and O–H groups in total. The van der Waals surface area contributed by atoms with Crippen LogP contribution in [0.1, 0.15) is 27.9 Å². The summed E-state index contributed by atoms with van der Waals surface area (Å²) < 4.78 is 0. The van der Waals surface area contributed by atoms with Crippen LogP contribution < -0.4 is 5.43 Å². The van der Waals surface area contributed by atoms with E-state index in [1.54, 1.807) is 30.4 Å². The molecule has 0 aliphatic heterocycles. The quantitative estimate of drug-likeness (QED) is 0.540. The van der Waals surface area contributed by atoms with Crippen LogP contribution in [-0.4, -0.2) is 21.8 Å². The molecule has 0 saturated carbocycles. The highest BCUT2D eigenvalue weighted by Gasteiger charge is 2.12. The van der Waals surface area contributed by atoms with E-state index in [1.165, 1.54) is 4.88 Å². The zero-order valence-electron chi connectivity index (χ0n) is 13.1. The number of H-pyrrole nitrogens is 1. The normalized spacial score (nSPS) is 11.5. The topological polar surface area (TPSA) is 70.1 Å². The van der Waals surface area contributed by atoms with Crippen LogP contribution in [0.15, 0.2) is 47.6 Å². The van der Waals surface area contributed by atoms with Crippen molar-refractivity contribution in [2.24, 2.45) is 5.10 Å². The Morgan fingerprint density at radius 3 is 2.79 bits per heavy atom. The van der Waals surface area contributed by atoms with E-state index in [0.29, 0.717) is 10.7 Å². The molecule has 2 aromatic heterocycles. The van der Waals surface area contributed by atoms with E-state index in [0.717, 1.165) is 16.1 Å². The molecule has 24 heavy (non-hydrogen) atoms. The molecule has 1 aromatic carbocycles. The summed E-state index contributed by atoms with van der Waals surface area (Å²) in [5.74, 6) is -0.378. The first-order valence-corrected chi connectivity index (χ1v) is 8.46. The van der Waals surface area contributed by atoms with Crippen molar-refractivity contribution in [3.8, 4) is 10.6 Å². The molecule has 0 bridgehead atoms. The fourth-order valence-electron chi connectivity index (χ4n) is 2.15. The Balaban J connectivity index is 1.73. The minimum Gasteiger partial charge on any atom is -0.276 e. The highest BCUT2D eigenvalue weighted by Crippen LogP contribution is 2.26. The predicted molar refractivity (Wildman–Crippen MR) is 97.8 cm³/mol. The van der Waals surface area contributed by atoms with Crippen molar-refractivity contribution in [1.82, 2.24) is 15.6 Å². The van der Waals surface area contributed by atoms with Gasteiger partial charge >= 0.3 is 0 Å². The monoisotopic (exact) mass is 358 g/mol. The van der Waals surface area contributed by atoms with Gasteiger partial charge in [0.15, 0.2) is 5.69 Å². The molecule has 0 aliphatic rings. The van der Waals surface area contributed by atoms with E-state index < -0.39 is 0 Å². The summed E-state index contributed by atoms with van der Waals surface area (Å²) in [6.45, 7) is 3.82. The third kappa shape index (κ3) is 3.55. The largest absolute Gasteiger partial charge is 0.291 e. The summed E-state index contributed by atoms with van der Waals surface area (Å²) in [6.07, 6.45) is 0. The van der Waals surface area contributed by atoms with Gasteiger partial charge < -0.3 is 0 Å². The molecule has 0 unspecified atom stereocenters. The van der Waals surface area contributed by atoms with Gasteiger partial charge in [0.25, 0.3) is 5.91 Å². The molecule has 5 nitrogen and oxygen atoms in total. The number of hydrogen-bond donors (Lipinski definition) is 2. The van der Waals surface area contributed by atoms with Crippen LogP contribution in [0, 0.1) is 6.92 Å². The predicted octanol–water partition coefficient (Wildman–Crippen LogP) is 4.25. The smallest absolute Gasteiger partial charge is 0.276 e. The maximum absolute atomic E-state index is 12.2. The number of benzene rings is 1. The molecular formula is C17H15ClN4OS. The Labute approximate surface area is 148 Å². The highest BCUT2D eigenvalue weighted by molar-refractivity contribution is 7.15. The number of amides is 1. The molecule has 3 aromatic rings. The molecule has 0 fully saturated rings. The number of aromatic amines is 1. The van der Waals surface area contributed by atoms with Crippen LogP contribution in [0.3, 0.4) is 0 Å². The van der Waals surface area contributed by atoms with Crippen molar-refractivity contribution in [1.29, 1.82) is 0 Å². The summed E-state index contributed by atoms with van der Waals surface area (Å²) >= 11 is 7.75. The number of nitrogens with zero attached hydrogens (tertiary/aromatic N) is 2. The lowest BCUT2D eigenvalue weighted by Crippen LogP contribution is -2.19. The number of halogens is 1. The Kier molecular flexibility index (Phi) is 4.78. The first-order chi connectivity index (χ1) is 11.5. The molecule has 0 aliphatic carbocycles. The van der Waals surface area contributed by atoms with Gasteiger partial charge in [-0.2, -0.15) is 10.2 Å². The van der Waals surface area contributed by atoms with Crippen LogP contribution in [0.4, 0.5) is 0 Å².